The second kappa shape index (κ2) is 7.00. The Morgan fingerprint density at radius 3 is 2.67 bits per heavy atom. The van der Waals surface area contributed by atoms with Crippen molar-refractivity contribution in [3.05, 3.63) is 88.0 Å². The van der Waals surface area contributed by atoms with E-state index in [9.17, 15) is 14.0 Å². The lowest BCUT2D eigenvalue weighted by molar-refractivity contribution is -0.117. The van der Waals surface area contributed by atoms with E-state index in [0.29, 0.717) is 11.3 Å². The van der Waals surface area contributed by atoms with Gasteiger partial charge in [-0.3, -0.25) is 9.59 Å². The maximum absolute atomic E-state index is 13.5. The minimum atomic E-state index is -0.588. The topological polar surface area (TPSA) is 62.6 Å². The van der Waals surface area contributed by atoms with Crippen LogP contribution < -0.4 is 5.32 Å². The number of nitrogens with one attached hydrogen (secondary N) is 1. The van der Waals surface area contributed by atoms with Gasteiger partial charge in [-0.1, -0.05) is 28.1 Å². The highest BCUT2D eigenvalue weighted by molar-refractivity contribution is 9.10. The minimum Gasteiger partial charge on any atom is -0.459 e. The zero-order chi connectivity index (χ0) is 19.0. The first-order valence-corrected chi connectivity index (χ1v) is 9.01. The maximum atomic E-state index is 13.5. The predicted molar refractivity (Wildman–Crippen MR) is 101 cm³/mol. The molecule has 0 aliphatic carbocycles. The van der Waals surface area contributed by atoms with Gasteiger partial charge in [0.25, 0.3) is 5.91 Å². The summed E-state index contributed by atoms with van der Waals surface area (Å²) in [6.45, 7) is -0.159. The summed E-state index contributed by atoms with van der Waals surface area (Å²) in [4.78, 5) is 26.9. The number of benzene rings is 2. The highest BCUT2D eigenvalue weighted by Crippen LogP contribution is 2.38. The molecule has 136 valence electrons. The van der Waals surface area contributed by atoms with Crippen molar-refractivity contribution in [2.45, 2.75) is 6.04 Å². The van der Waals surface area contributed by atoms with Gasteiger partial charge in [0.1, 0.15) is 12.4 Å². The van der Waals surface area contributed by atoms with E-state index >= 15 is 0 Å². The molecule has 1 aromatic heterocycles. The first kappa shape index (κ1) is 17.5. The Balaban J connectivity index is 1.90. The van der Waals surface area contributed by atoms with Gasteiger partial charge in [-0.05, 0) is 48.0 Å². The Kier molecular flexibility index (Phi) is 4.53. The third-order valence-electron chi connectivity index (χ3n) is 4.39. The van der Waals surface area contributed by atoms with Gasteiger partial charge in [0.15, 0.2) is 5.76 Å². The van der Waals surface area contributed by atoms with Crippen LogP contribution in [0.3, 0.4) is 0 Å². The molecule has 0 saturated carbocycles. The van der Waals surface area contributed by atoms with Crippen LogP contribution in [0, 0.1) is 5.82 Å². The van der Waals surface area contributed by atoms with E-state index in [-0.39, 0.29) is 24.0 Å². The predicted octanol–water partition coefficient (Wildman–Crippen LogP) is 4.37. The van der Waals surface area contributed by atoms with Crippen molar-refractivity contribution in [2.75, 3.05) is 11.9 Å². The lowest BCUT2D eigenvalue weighted by Gasteiger charge is -2.30. The monoisotopic (exact) mass is 428 g/mol. The van der Waals surface area contributed by atoms with Gasteiger partial charge in [-0.15, -0.1) is 0 Å². The molecule has 1 aliphatic rings. The number of halogens is 2. The number of carbonyl (C=O) groups is 2. The van der Waals surface area contributed by atoms with Crippen LogP contribution in [0.2, 0.25) is 0 Å². The molecule has 4 rings (SSSR count). The van der Waals surface area contributed by atoms with E-state index in [1.54, 1.807) is 30.3 Å². The van der Waals surface area contributed by atoms with Gasteiger partial charge in [0.2, 0.25) is 5.91 Å². The van der Waals surface area contributed by atoms with Gasteiger partial charge >= 0.3 is 0 Å². The van der Waals surface area contributed by atoms with Gasteiger partial charge in [-0.2, -0.15) is 0 Å². The Morgan fingerprint density at radius 1 is 1.19 bits per heavy atom. The fraction of sp³-hybridized carbons (Fsp3) is 0.100. The van der Waals surface area contributed by atoms with Crippen molar-refractivity contribution < 1.29 is 18.4 Å². The molecule has 5 nitrogen and oxygen atoms in total. The molecule has 2 amide bonds. The summed E-state index contributed by atoms with van der Waals surface area (Å²) < 4.78 is 19.5. The fourth-order valence-electron chi connectivity index (χ4n) is 3.21. The maximum Gasteiger partial charge on any atom is 0.290 e. The number of furan rings is 1. The average Bonchev–Trinajstić information content (AvgIpc) is 3.14. The second-order valence-corrected chi connectivity index (χ2v) is 7.06. The molecule has 0 fully saturated rings. The third kappa shape index (κ3) is 3.38. The zero-order valence-corrected chi connectivity index (χ0v) is 15.6. The Hall–Kier alpha value is -2.93. The highest BCUT2D eigenvalue weighted by Gasteiger charge is 2.35. The van der Waals surface area contributed by atoms with Gasteiger partial charge < -0.3 is 14.6 Å². The summed E-state index contributed by atoms with van der Waals surface area (Å²) in [5.41, 5.74) is 2.01. The van der Waals surface area contributed by atoms with Crippen LogP contribution in [0.15, 0.2) is 69.8 Å². The molecular weight excluding hydrogens is 415 g/mol. The van der Waals surface area contributed by atoms with E-state index in [1.165, 1.54) is 23.3 Å². The Bertz CT molecular complexity index is 1000. The van der Waals surface area contributed by atoms with Crippen LogP contribution in [-0.2, 0) is 4.79 Å². The van der Waals surface area contributed by atoms with Crippen molar-refractivity contribution >= 4 is 33.4 Å². The molecule has 3 aromatic rings. The fourth-order valence-corrected chi connectivity index (χ4v) is 3.59. The summed E-state index contributed by atoms with van der Waals surface area (Å²) >= 11 is 3.44. The number of fused-ring (bicyclic) bond motifs is 1. The summed E-state index contributed by atoms with van der Waals surface area (Å²) in [7, 11) is 0. The zero-order valence-electron chi connectivity index (χ0n) is 14.0. The van der Waals surface area contributed by atoms with Crippen LogP contribution in [0.25, 0.3) is 0 Å². The van der Waals surface area contributed by atoms with Gasteiger partial charge in [-0.25, -0.2) is 4.39 Å². The SMILES string of the molecule is O=C1CN(C(=O)c2ccco2)[C@H](c2ccc(F)cc2)c2cc(Br)ccc2N1. The molecule has 1 N–H and O–H groups in total. The lowest BCUT2D eigenvalue weighted by Crippen LogP contribution is -2.38. The number of hydrogen-bond donors (Lipinski definition) is 1. The quantitative estimate of drug-likeness (QED) is 0.659. The lowest BCUT2D eigenvalue weighted by atomic mass is 9.95. The van der Waals surface area contributed by atoms with Crippen LogP contribution >= 0.6 is 15.9 Å². The molecule has 0 bridgehead atoms. The minimum absolute atomic E-state index is 0.133. The third-order valence-corrected chi connectivity index (χ3v) is 4.88. The van der Waals surface area contributed by atoms with E-state index in [1.807, 2.05) is 12.1 Å². The van der Waals surface area contributed by atoms with E-state index in [0.717, 1.165) is 10.0 Å². The normalized spacial score (nSPS) is 16.4. The Morgan fingerprint density at radius 2 is 1.96 bits per heavy atom. The van der Waals surface area contributed by atoms with Crippen molar-refractivity contribution in [1.82, 2.24) is 4.90 Å². The standard InChI is InChI=1S/C20H14BrFN2O3/c21-13-5-8-16-15(10-13)19(12-3-6-14(22)7-4-12)24(11-18(25)23-16)20(26)17-2-1-9-27-17/h1-10,19H,11H2,(H,23,25)/t19-/m1/s1. The number of carbonyl (C=O) groups excluding carboxylic acids is 2. The molecule has 1 aliphatic heterocycles. The van der Waals surface area contributed by atoms with Crippen LogP contribution in [0.5, 0.6) is 0 Å². The summed E-state index contributed by atoms with van der Waals surface area (Å²) in [5.74, 6) is -0.978. The average molecular weight is 429 g/mol. The number of rotatable bonds is 2. The van der Waals surface area contributed by atoms with Crippen LogP contribution in [0.4, 0.5) is 10.1 Å². The Labute approximate surface area is 162 Å². The van der Waals surface area contributed by atoms with Gasteiger partial charge in [0.05, 0.1) is 12.3 Å². The molecule has 2 aromatic carbocycles. The molecule has 7 heteroatoms. The van der Waals surface area contributed by atoms with Crippen molar-refractivity contribution in [1.29, 1.82) is 0 Å². The number of anilines is 1. The van der Waals surface area contributed by atoms with Crippen molar-refractivity contribution in [3.63, 3.8) is 0 Å². The summed E-state index contributed by atoms with van der Waals surface area (Å²) in [5, 5.41) is 2.83. The van der Waals surface area contributed by atoms with Crippen LogP contribution in [0.1, 0.15) is 27.7 Å². The van der Waals surface area contributed by atoms with E-state index < -0.39 is 11.9 Å². The first-order chi connectivity index (χ1) is 13.0. The van der Waals surface area contributed by atoms with E-state index in [2.05, 4.69) is 21.2 Å². The molecule has 27 heavy (non-hydrogen) atoms. The smallest absolute Gasteiger partial charge is 0.290 e. The van der Waals surface area contributed by atoms with E-state index in [4.69, 9.17) is 4.42 Å². The molecule has 0 spiro atoms. The van der Waals surface area contributed by atoms with Crippen LogP contribution in [-0.4, -0.2) is 23.3 Å². The summed E-state index contributed by atoms with van der Waals surface area (Å²) in [6, 6.07) is 13.9. The number of amides is 2. The highest BCUT2D eigenvalue weighted by atomic mass is 79.9. The van der Waals surface area contributed by atoms with Gasteiger partial charge in [0, 0.05) is 15.7 Å². The molecule has 0 radical (unpaired) electrons. The second-order valence-electron chi connectivity index (χ2n) is 6.14. The molecule has 1 atom stereocenters. The number of nitrogens with zero attached hydrogens (tertiary/aromatic N) is 1. The van der Waals surface area contributed by atoms with Crippen molar-refractivity contribution in [2.24, 2.45) is 0 Å². The summed E-state index contributed by atoms with van der Waals surface area (Å²) in [6.07, 6.45) is 1.41. The largest absolute Gasteiger partial charge is 0.459 e. The molecule has 0 saturated heterocycles. The molecular formula is C20H14BrFN2O3. The molecule has 2 heterocycles. The number of hydrogen-bond acceptors (Lipinski definition) is 3. The van der Waals surface area contributed by atoms with Crippen molar-refractivity contribution in [3.8, 4) is 0 Å². The molecule has 0 unspecified atom stereocenters. The first-order valence-electron chi connectivity index (χ1n) is 8.22.